The number of aromatic nitrogens is 2. The van der Waals surface area contributed by atoms with Crippen LogP contribution in [0.2, 0.25) is 0 Å². The Balaban J connectivity index is 1.60. The molecule has 0 bridgehead atoms. The van der Waals surface area contributed by atoms with Crippen LogP contribution in [0.4, 0.5) is 5.69 Å². The van der Waals surface area contributed by atoms with E-state index in [0.29, 0.717) is 17.9 Å². The number of hydrogen-bond donors (Lipinski definition) is 1. The third kappa shape index (κ3) is 3.29. The van der Waals surface area contributed by atoms with Crippen molar-refractivity contribution in [1.29, 1.82) is 0 Å². The number of benzene rings is 2. The van der Waals surface area contributed by atoms with Gasteiger partial charge in [0.1, 0.15) is 12.4 Å². The van der Waals surface area contributed by atoms with Gasteiger partial charge in [-0.1, -0.05) is 30.3 Å². The molecule has 0 saturated carbocycles. The fraction of sp³-hybridized carbons (Fsp3) is 0.227. The molecule has 3 aromatic rings. The molecule has 28 heavy (non-hydrogen) atoms. The van der Waals surface area contributed by atoms with E-state index in [1.165, 1.54) is 0 Å². The summed E-state index contributed by atoms with van der Waals surface area (Å²) in [4.78, 5) is 36.8. The molecule has 1 atom stereocenters. The first-order chi connectivity index (χ1) is 13.5. The molecule has 0 aliphatic carbocycles. The van der Waals surface area contributed by atoms with Crippen LogP contribution in [0.3, 0.4) is 0 Å². The van der Waals surface area contributed by atoms with Gasteiger partial charge in [-0.3, -0.25) is 9.59 Å². The summed E-state index contributed by atoms with van der Waals surface area (Å²) >= 11 is 0. The molecule has 1 N–H and O–H groups in total. The van der Waals surface area contributed by atoms with Crippen LogP contribution in [0.1, 0.15) is 22.8 Å². The first-order valence-corrected chi connectivity index (χ1v) is 9.31. The molecule has 6 heteroatoms. The average Bonchev–Trinajstić information content (AvgIpc) is 3.23. The van der Waals surface area contributed by atoms with E-state index in [-0.39, 0.29) is 24.4 Å². The maximum absolute atomic E-state index is 13.3. The van der Waals surface area contributed by atoms with Gasteiger partial charge in [0.2, 0.25) is 5.91 Å². The van der Waals surface area contributed by atoms with Crippen LogP contribution in [0.15, 0.2) is 60.9 Å². The second-order valence-electron chi connectivity index (χ2n) is 7.11. The van der Waals surface area contributed by atoms with Crippen LogP contribution < -0.4 is 4.90 Å². The van der Waals surface area contributed by atoms with Crippen LogP contribution in [0.25, 0.3) is 11.4 Å². The molecule has 1 aromatic heterocycles. The summed E-state index contributed by atoms with van der Waals surface area (Å²) in [6, 6.07) is 15.1. The number of carbonyl (C=O) groups is 2. The van der Waals surface area contributed by atoms with Crippen molar-refractivity contribution in [2.75, 3.05) is 18.0 Å². The van der Waals surface area contributed by atoms with E-state index in [1.54, 1.807) is 28.3 Å². The highest BCUT2D eigenvalue weighted by Gasteiger charge is 2.34. The zero-order valence-electron chi connectivity index (χ0n) is 15.9. The summed E-state index contributed by atoms with van der Waals surface area (Å²) in [6.45, 7) is 4.50. The van der Waals surface area contributed by atoms with E-state index in [2.05, 4.69) is 9.97 Å². The van der Waals surface area contributed by atoms with E-state index >= 15 is 0 Å². The second-order valence-corrected chi connectivity index (χ2v) is 7.11. The maximum atomic E-state index is 13.3. The van der Waals surface area contributed by atoms with Crippen LogP contribution in [-0.4, -0.2) is 45.8 Å². The van der Waals surface area contributed by atoms with Crippen molar-refractivity contribution in [3.05, 3.63) is 72.1 Å². The SMILES string of the molecule is Cc1cccc(N2C[C@@H](C)N(C(=O)c3ccccc3-c3ncc[nH]3)CC2=O)c1. The lowest BCUT2D eigenvalue weighted by molar-refractivity contribution is -0.121. The third-order valence-corrected chi connectivity index (χ3v) is 5.07. The number of hydrogen-bond acceptors (Lipinski definition) is 3. The Labute approximate surface area is 163 Å². The quantitative estimate of drug-likeness (QED) is 0.765. The summed E-state index contributed by atoms with van der Waals surface area (Å²) in [5.74, 6) is 0.408. The number of anilines is 1. The minimum absolute atomic E-state index is 0.0560. The predicted octanol–water partition coefficient (Wildman–Crippen LogP) is 3.26. The topological polar surface area (TPSA) is 69.3 Å². The molecule has 1 fully saturated rings. The lowest BCUT2D eigenvalue weighted by atomic mass is 10.0. The Hall–Kier alpha value is -3.41. The van der Waals surface area contributed by atoms with E-state index < -0.39 is 0 Å². The predicted molar refractivity (Wildman–Crippen MR) is 108 cm³/mol. The van der Waals surface area contributed by atoms with Crippen molar-refractivity contribution in [3.8, 4) is 11.4 Å². The Morgan fingerprint density at radius 1 is 1.18 bits per heavy atom. The molecule has 0 spiro atoms. The molecule has 2 heterocycles. The normalized spacial score (nSPS) is 17.1. The van der Waals surface area contributed by atoms with E-state index in [1.807, 2.05) is 56.3 Å². The van der Waals surface area contributed by atoms with Gasteiger partial charge in [0.05, 0.1) is 5.56 Å². The van der Waals surface area contributed by atoms with Crippen molar-refractivity contribution in [1.82, 2.24) is 14.9 Å². The van der Waals surface area contributed by atoms with Crippen molar-refractivity contribution in [2.45, 2.75) is 19.9 Å². The molecule has 1 aliphatic rings. The number of rotatable bonds is 3. The van der Waals surface area contributed by atoms with Gasteiger partial charge in [0, 0.05) is 36.2 Å². The number of nitrogens with zero attached hydrogens (tertiary/aromatic N) is 3. The molecule has 1 saturated heterocycles. The third-order valence-electron chi connectivity index (χ3n) is 5.07. The summed E-state index contributed by atoms with van der Waals surface area (Å²) < 4.78 is 0. The lowest BCUT2D eigenvalue weighted by Crippen LogP contribution is -2.57. The van der Waals surface area contributed by atoms with Gasteiger partial charge in [0.25, 0.3) is 5.91 Å². The number of carbonyl (C=O) groups excluding carboxylic acids is 2. The fourth-order valence-corrected chi connectivity index (χ4v) is 3.61. The molecule has 1 aliphatic heterocycles. The van der Waals surface area contributed by atoms with E-state index in [0.717, 1.165) is 16.8 Å². The van der Waals surface area contributed by atoms with Crippen LogP contribution in [0, 0.1) is 6.92 Å². The molecule has 2 amide bonds. The van der Waals surface area contributed by atoms with Gasteiger partial charge in [-0.15, -0.1) is 0 Å². The van der Waals surface area contributed by atoms with Crippen molar-refractivity contribution in [3.63, 3.8) is 0 Å². The summed E-state index contributed by atoms with van der Waals surface area (Å²) in [5.41, 5.74) is 3.25. The molecule has 4 rings (SSSR count). The van der Waals surface area contributed by atoms with Gasteiger partial charge in [0.15, 0.2) is 0 Å². The Morgan fingerprint density at radius 3 is 2.75 bits per heavy atom. The zero-order chi connectivity index (χ0) is 19.7. The maximum Gasteiger partial charge on any atom is 0.255 e. The minimum Gasteiger partial charge on any atom is -0.345 e. The number of aromatic amines is 1. The van der Waals surface area contributed by atoms with E-state index in [9.17, 15) is 9.59 Å². The highest BCUT2D eigenvalue weighted by Crippen LogP contribution is 2.26. The second kappa shape index (κ2) is 7.31. The smallest absolute Gasteiger partial charge is 0.255 e. The van der Waals surface area contributed by atoms with Crippen molar-refractivity contribution < 1.29 is 9.59 Å². The molecule has 142 valence electrons. The van der Waals surface area contributed by atoms with E-state index in [4.69, 9.17) is 0 Å². The molecule has 2 aromatic carbocycles. The van der Waals surface area contributed by atoms with Gasteiger partial charge in [-0.25, -0.2) is 4.98 Å². The Bertz CT molecular complexity index is 1010. The van der Waals surface area contributed by atoms with Crippen LogP contribution in [0.5, 0.6) is 0 Å². The van der Waals surface area contributed by atoms with Crippen molar-refractivity contribution >= 4 is 17.5 Å². The average molecular weight is 374 g/mol. The highest BCUT2D eigenvalue weighted by atomic mass is 16.2. The largest absolute Gasteiger partial charge is 0.345 e. The van der Waals surface area contributed by atoms with Gasteiger partial charge >= 0.3 is 0 Å². The molecular weight excluding hydrogens is 352 g/mol. The standard InChI is InChI=1S/C22H22N4O2/c1-15-6-5-7-17(12-15)26-13-16(2)25(14-20(26)27)22(28)19-9-4-3-8-18(19)21-23-10-11-24-21/h3-12,16H,13-14H2,1-2H3,(H,23,24)/t16-/m1/s1. The summed E-state index contributed by atoms with van der Waals surface area (Å²) in [6.07, 6.45) is 3.38. The number of piperazine rings is 1. The number of amides is 2. The molecule has 6 nitrogen and oxygen atoms in total. The molecule has 0 unspecified atom stereocenters. The van der Waals surface area contributed by atoms with Crippen LogP contribution in [-0.2, 0) is 4.79 Å². The number of aryl methyl sites for hydroxylation is 1. The number of H-pyrrole nitrogens is 1. The number of imidazole rings is 1. The van der Waals surface area contributed by atoms with Crippen molar-refractivity contribution in [2.24, 2.45) is 0 Å². The monoisotopic (exact) mass is 374 g/mol. The Morgan fingerprint density at radius 2 is 2.00 bits per heavy atom. The lowest BCUT2D eigenvalue weighted by Gasteiger charge is -2.39. The molecular formula is C22H22N4O2. The van der Waals surface area contributed by atoms with Gasteiger partial charge in [-0.2, -0.15) is 0 Å². The minimum atomic E-state index is -0.156. The number of nitrogens with one attached hydrogen (secondary N) is 1. The molecule has 0 radical (unpaired) electrons. The van der Waals surface area contributed by atoms with Gasteiger partial charge in [-0.05, 0) is 37.6 Å². The highest BCUT2D eigenvalue weighted by molar-refractivity contribution is 6.04. The fourth-order valence-electron chi connectivity index (χ4n) is 3.61. The first kappa shape index (κ1) is 18.0. The summed E-state index contributed by atoms with van der Waals surface area (Å²) in [5, 5.41) is 0. The zero-order valence-corrected chi connectivity index (χ0v) is 15.9. The van der Waals surface area contributed by atoms with Crippen LogP contribution >= 0.6 is 0 Å². The van der Waals surface area contributed by atoms with Gasteiger partial charge < -0.3 is 14.8 Å². The first-order valence-electron chi connectivity index (χ1n) is 9.31. The summed E-state index contributed by atoms with van der Waals surface area (Å²) in [7, 11) is 0. The Kier molecular flexibility index (Phi) is 4.69.